The van der Waals surface area contributed by atoms with Crippen LogP contribution in [0.5, 0.6) is 0 Å². The van der Waals surface area contributed by atoms with E-state index in [2.05, 4.69) is 5.32 Å². The van der Waals surface area contributed by atoms with E-state index in [1.165, 1.54) is 0 Å². The quantitative estimate of drug-likeness (QED) is 0.819. The predicted molar refractivity (Wildman–Crippen MR) is 67.3 cm³/mol. The maximum absolute atomic E-state index is 11.6. The molecule has 0 bridgehead atoms. The van der Waals surface area contributed by atoms with E-state index in [4.69, 9.17) is 5.73 Å². The van der Waals surface area contributed by atoms with E-state index in [-0.39, 0.29) is 11.4 Å². The Bertz CT molecular complexity index is 366. The van der Waals surface area contributed by atoms with Crippen LogP contribution in [0.15, 0.2) is 24.3 Å². The fourth-order valence-corrected chi connectivity index (χ4v) is 1.36. The first-order valence-corrected chi connectivity index (χ1v) is 5.53. The number of para-hydroxylation sites is 1. The van der Waals surface area contributed by atoms with Crippen molar-refractivity contribution in [3.8, 4) is 0 Å². The molecule has 0 aromatic heterocycles. The second-order valence-electron chi connectivity index (χ2n) is 4.85. The van der Waals surface area contributed by atoms with Crippen LogP contribution in [0.3, 0.4) is 0 Å². The van der Waals surface area contributed by atoms with Crippen LogP contribution in [0.4, 0.5) is 5.69 Å². The van der Waals surface area contributed by atoms with Gasteiger partial charge in [-0.1, -0.05) is 18.2 Å². The molecule has 0 spiro atoms. The fraction of sp³-hybridized carbons (Fsp3) is 0.462. The number of carbonyl (C=O) groups is 1. The number of nitrogens with one attached hydrogen (secondary N) is 1. The summed E-state index contributed by atoms with van der Waals surface area (Å²) in [7, 11) is 0. The molecule has 16 heavy (non-hydrogen) atoms. The second kappa shape index (κ2) is 5.12. The van der Waals surface area contributed by atoms with Crippen molar-refractivity contribution in [1.82, 2.24) is 0 Å². The molecule has 3 heteroatoms. The van der Waals surface area contributed by atoms with Gasteiger partial charge in [-0.2, -0.15) is 0 Å². The maximum Gasteiger partial charge on any atom is 0.224 e. The first-order chi connectivity index (χ1) is 7.38. The summed E-state index contributed by atoms with van der Waals surface area (Å²) < 4.78 is 0. The molecule has 0 aliphatic carbocycles. The van der Waals surface area contributed by atoms with E-state index < -0.39 is 0 Å². The molecule has 0 aliphatic rings. The lowest BCUT2D eigenvalue weighted by Gasteiger charge is -2.17. The minimum absolute atomic E-state index is 0.0211. The smallest absolute Gasteiger partial charge is 0.224 e. The largest absolute Gasteiger partial charge is 0.326 e. The van der Waals surface area contributed by atoms with Gasteiger partial charge in [-0.3, -0.25) is 4.79 Å². The molecular weight excluding hydrogens is 200 g/mol. The minimum Gasteiger partial charge on any atom is -0.326 e. The maximum atomic E-state index is 11.6. The standard InChI is InChI=1S/C13H20N2O/c1-10-6-4-5-7-11(10)15-12(16)8-9-13(2,3)14/h4-7H,8-9,14H2,1-3H3,(H,15,16). The lowest BCUT2D eigenvalue weighted by Crippen LogP contribution is -2.33. The van der Waals surface area contributed by atoms with Gasteiger partial charge >= 0.3 is 0 Å². The average molecular weight is 220 g/mol. The summed E-state index contributed by atoms with van der Waals surface area (Å²) in [6, 6.07) is 7.74. The van der Waals surface area contributed by atoms with E-state index in [0.717, 1.165) is 11.3 Å². The summed E-state index contributed by atoms with van der Waals surface area (Å²) in [6.45, 7) is 5.82. The topological polar surface area (TPSA) is 55.1 Å². The number of aryl methyl sites for hydroxylation is 1. The molecule has 0 saturated heterocycles. The summed E-state index contributed by atoms with van der Waals surface area (Å²) in [5, 5.41) is 2.89. The third-order valence-electron chi connectivity index (χ3n) is 2.42. The Morgan fingerprint density at radius 2 is 2.00 bits per heavy atom. The van der Waals surface area contributed by atoms with E-state index in [1.807, 2.05) is 45.0 Å². The first-order valence-electron chi connectivity index (χ1n) is 5.53. The Morgan fingerprint density at radius 3 is 2.56 bits per heavy atom. The first kappa shape index (κ1) is 12.7. The van der Waals surface area contributed by atoms with Gasteiger partial charge in [-0.05, 0) is 38.8 Å². The molecule has 1 aromatic carbocycles. The molecule has 88 valence electrons. The van der Waals surface area contributed by atoms with Crippen LogP contribution >= 0.6 is 0 Å². The number of rotatable bonds is 4. The monoisotopic (exact) mass is 220 g/mol. The molecule has 0 unspecified atom stereocenters. The predicted octanol–water partition coefficient (Wildman–Crippen LogP) is 2.45. The van der Waals surface area contributed by atoms with Crippen molar-refractivity contribution < 1.29 is 4.79 Å². The van der Waals surface area contributed by atoms with Crippen LogP contribution in [0.1, 0.15) is 32.3 Å². The average Bonchev–Trinajstić information content (AvgIpc) is 2.18. The summed E-state index contributed by atoms with van der Waals surface area (Å²) >= 11 is 0. The molecule has 0 atom stereocenters. The van der Waals surface area contributed by atoms with Crippen molar-refractivity contribution in [1.29, 1.82) is 0 Å². The molecule has 1 rings (SSSR count). The lowest BCUT2D eigenvalue weighted by molar-refractivity contribution is -0.116. The number of benzene rings is 1. The Hall–Kier alpha value is -1.35. The van der Waals surface area contributed by atoms with Gasteiger partial charge in [0.05, 0.1) is 0 Å². The van der Waals surface area contributed by atoms with Gasteiger partial charge in [0.2, 0.25) is 5.91 Å². The highest BCUT2D eigenvalue weighted by atomic mass is 16.1. The number of carbonyl (C=O) groups excluding carboxylic acids is 1. The zero-order valence-corrected chi connectivity index (χ0v) is 10.2. The number of amides is 1. The van der Waals surface area contributed by atoms with E-state index >= 15 is 0 Å². The van der Waals surface area contributed by atoms with Gasteiger partial charge in [0.15, 0.2) is 0 Å². The highest BCUT2D eigenvalue weighted by molar-refractivity contribution is 5.91. The molecule has 0 saturated carbocycles. The van der Waals surface area contributed by atoms with Gasteiger partial charge in [-0.25, -0.2) is 0 Å². The Labute approximate surface area is 97.0 Å². The highest BCUT2D eigenvalue weighted by Gasteiger charge is 2.13. The molecule has 3 N–H and O–H groups in total. The van der Waals surface area contributed by atoms with Gasteiger partial charge in [0, 0.05) is 17.6 Å². The summed E-state index contributed by atoms with van der Waals surface area (Å²) in [6.07, 6.45) is 1.14. The molecule has 0 fully saturated rings. The van der Waals surface area contributed by atoms with E-state index in [9.17, 15) is 4.79 Å². The minimum atomic E-state index is -0.289. The molecule has 0 aliphatic heterocycles. The van der Waals surface area contributed by atoms with Crippen LogP contribution in [0, 0.1) is 6.92 Å². The van der Waals surface area contributed by atoms with Crippen LogP contribution in [0.25, 0.3) is 0 Å². The van der Waals surface area contributed by atoms with Crippen LogP contribution in [0.2, 0.25) is 0 Å². The summed E-state index contributed by atoms with van der Waals surface area (Å²) in [5.41, 5.74) is 7.49. The third-order valence-corrected chi connectivity index (χ3v) is 2.42. The van der Waals surface area contributed by atoms with Crippen molar-refractivity contribution in [2.45, 2.75) is 39.2 Å². The van der Waals surface area contributed by atoms with E-state index in [1.54, 1.807) is 0 Å². The number of hydrogen-bond acceptors (Lipinski definition) is 2. The number of hydrogen-bond donors (Lipinski definition) is 2. The molecule has 0 radical (unpaired) electrons. The van der Waals surface area contributed by atoms with Gasteiger partial charge in [-0.15, -0.1) is 0 Å². The number of anilines is 1. The fourth-order valence-electron chi connectivity index (χ4n) is 1.36. The highest BCUT2D eigenvalue weighted by Crippen LogP contribution is 2.14. The third kappa shape index (κ3) is 4.45. The number of nitrogens with two attached hydrogens (primary N) is 1. The SMILES string of the molecule is Cc1ccccc1NC(=O)CCC(C)(C)N. The normalized spacial score (nSPS) is 11.2. The van der Waals surface area contributed by atoms with Crippen molar-refractivity contribution in [2.75, 3.05) is 5.32 Å². The zero-order chi connectivity index (χ0) is 12.2. The van der Waals surface area contributed by atoms with Crippen LogP contribution in [-0.2, 0) is 4.79 Å². The Kier molecular flexibility index (Phi) is 4.07. The van der Waals surface area contributed by atoms with Gasteiger partial charge in [0.25, 0.3) is 0 Å². The van der Waals surface area contributed by atoms with Crippen LogP contribution in [-0.4, -0.2) is 11.4 Å². The summed E-state index contributed by atoms with van der Waals surface area (Å²) in [4.78, 5) is 11.6. The summed E-state index contributed by atoms with van der Waals surface area (Å²) in [5.74, 6) is 0.0211. The van der Waals surface area contributed by atoms with Crippen molar-refractivity contribution in [3.05, 3.63) is 29.8 Å². The molecular formula is C13H20N2O. The molecule has 0 heterocycles. The van der Waals surface area contributed by atoms with Crippen molar-refractivity contribution in [2.24, 2.45) is 5.73 Å². The zero-order valence-electron chi connectivity index (χ0n) is 10.2. The second-order valence-corrected chi connectivity index (χ2v) is 4.85. The lowest BCUT2D eigenvalue weighted by atomic mass is 10.00. The van der Waals surface area contributed by atoms with Crippen molar-refractivity contribution in [3.63, 3.8) is 0 Å². The Balaban J connectivity index is 2.50. The van der Waals surface area contributed by atoms with Gasteiger partial charge in [0.1, 0.15) is 0 Å². The van der Waals surface area contributed by atoms with E-state index in [0.29, 0.717) is 12.8 Å². The van der Waals surface area contributed by atoms with Gasteiger partial charge < -0.3 is 11.1 Å². The Morgan fingerprint density at radius 1 is 1.38 bits per heavy atom. The van der Waals surface area contributed by atoms with Crippen LogP contribution < -0.4 is 11.1 Å². The molecule has 3 nitrogen and oxygen atoms in total. The van der Waals surface area contributed by atoms with Crippen molar-refractivity contribution >= 4 is 11.6 Å². The molecule has 1 aromatic rings. The molecule has 1 amide bonds.